The van der Waals surface area contributed by atoms with Gasteiger partial charge in [-0.2, -0.15) is 5.26 Å². The molecule has 27 heavy (non-hydrogen) atoms. The second-order valence-corrected chi connectivity index (χ2v) is 6.81. The number of benzene rings is 2. The quantitative estimate of drug-likeness (QED) is 0.687. The molecule has 2 aromatic carbocycles. The van der Waals surface area contributed by atoms with E-state index in [1.807, 2.05) is 43.3 Å². The predicted octanol–water partition coefficient (Wildman–Crippen LogP) is 4.59. The van der Waals surface area contributed by atoms with E-state index in [0.29, 0.717) is 11.4 Å². The molecule has 4 heteroatoms. The van der Waals surface area contributed by atoms with Crippen LogP contribution in [-0.4, -0.2) is 24.2 Å². The molecular weight excluding hydrogens is 334 g/mol. The summed E-state index contributed by atoms with van der Waals surface area (Å²) in [4.78, 5) is 6.56. The van der Waals surface area contributed by atoms with Crippen LogP contribution in [0.2, 0.25) is 0 Å². The summed E-state index contributed by atoms with van der Waals surface area (Å²) < 4.78 is 6.09. The lowest BCUT2D eigenvalue weighted by atomic mass is 10.0. The van der Waals surface area contributed by atoms with E-state index in [9.17, 15) is 5.26 Å². The van der Waals surface area contributed by atoms with Crippen LogP contribution in [0.1, 0.15) is 17.5 Å². The van der Waals surface area contributed by atoms with Gasteiger partial charge in [-0.05, 0) is 36.2 Å². The lowest BCUT2D eigenvalue weighted by molar-refractivity contribution is 0.214. The van der Waals surface area contributed by atoms with E-state index in [4.69, 9.17) is 4.74 Å². The summed E-state index contributed by atoms with van der Waals surface area (Å²) in [6, 6.07) is 22.5. The van der Waals surface area contributed by atoms with Gasteiger partial charge in [0.05, 0.1) is 17.8 Å². The number of pyridine rings is 1. The van der Waals surface area contributed by atoms with Crippen LogP contribution >= 0.6 is 0 Å². The third kappa shape index (κ3) is 3.63. The fraction of sp³-hybridized carbons (Fsp3) is 0.217. The molecule has 1 aromatic heterocycles. The highest BCUT2D eigenvalue weighted by Crippen LogP contribution is 2.30. The molecule has 3 aromatic rings. The van der Waals surface area contributed by atoms with Crippen LogP contribution in [0.4, 0.5) is 5.69 Å². The van der Waals surface area contributed by atoms with Crippen molar-refractivity contribution < 1.29 is 4.74 Å². The highest BCUT2D eigenvalue weighted by molar-refractivity contribution is 5.71. The number of ether oxygens (including phenoxy) is 1. The Morgan fingerprint density at radius 1 is 1.07 bits per heavy atom. The fourth-order valence-corrected chi connectivity index (χ4v) is 3.51. The molecule has 0 radical (unpaired) electrons. The summed E-state index contributed by atoms with van der Waals surface area (Å²) in [5.74, 6) is 0.698. The summed E-state index contributed by atoms with van der Waals surface area (Å²) in [5, 5.41) is 9.67. The number of rotatable bonds is 4. The minimum absolute atomic E-state index is 0.0824. The van der Waals surface area contributed by atoms with Crippen LogP contribution in [0.5, 0.6) is 5.88 Å². The molecule has 1 atom stereocenters. The predicted molar refractivity (Wildman–Crippen MR) is 107 cm³/mol. The zero-order chi connectivity index (χ0) is 18.6. The van der Waals surface area contributed by atoms with Gasteiger partial charge < -0.3 is 9.64 Å². The van der Waals surface area contributed by atoms with Crippen molar-refractivity contribution in [3.63, 3.8) is 0 Å². The Bertz CT molecular complexity index is 978. The van der Waals surface area contributed by atoms with Gasteiger partial charge in [-0.3, -0.25) is 0 Å². The molecule has 1 fully saturated rings. The Morgan fingerprint density at radius 2 is 1.93 bits per heavy atom. The lowest BCUT2D eigenvalue weighted by Crippen LogP contribution is -2.25. The van der Waals surface area contributed by atoms with Crippen molar-refractivity contribution in [1.82, 2.24) is 4.98 Å². The van der Waals surface area contributed by atoms with Gasteiger partial charge in [0, 0.05) is 24.7 Å². The third-order valence-corrected chi connectivity index (χ3v) is 4.95. The monoisotopic (exact) mass is 355 g/mol. The molecular formula is C23H21N3O. The minimum atomic E-state index is 0.0824. The number of nitrogens with zero attached hydrogens (tertiary/aromatic N) is 3. The lowest BCUT2D eigenvalue weighted by Gasteiger charge is -2.21. The molecule has 2 heterocycles. The molecule has 134 valence electrons. The zero-order valence-electron chi connectivity index (χ0n) is 15.3. The van der Waals surface area contributed by atoms with E-state index in [-0.39, 0.29) is 6.10 Å². The summed E-state index contributed by atoms with van der Waals surface area (Å²) in [5.41, 5.74) is 4.90. The number of hydrogen-bond donors (Lipinski definition) is 0. The topological polar surface area (TPSA) is 49.1 Å². The number of aromatic nitrogens is 1. The number of nitriles is 1. The van der Waals surface area contributed by atoms with Crippen molar-refractivity contribution >= 4 is 5.69 Å². The Kier molecular flexibility index (Phi) is 4.76. The molecule has 4 nitrogen and oxygen atoms in total. The van der Waals surface area contributed by atoms with Crippen LogP contribution in [0, 0.1) is 18.3 Å². The Morgan fingerprint density at radius 3 is 2.70 bits per heavy atom. The second-order valence-electron chi connectivity index (χ2n) is 6.81. The van der Waals surface area contributed by atoms with Gasteiger partial charge in [0.25, 0.3) is 0 Å². The molecule has 1 aliphatic heterocycles. The van der Waals surface area contributed by atoms with E-state index in [1.165, 1.54) is 0 Å². The minimum Gasteiger partial charge on any atom is -0.472 e. The van der Waals surface area contributed by atoms with Crippen LogP contribution in [-0.2, 0) is 0 Å². The SMILES string of the molecule is Cc1cccnc1O[C@H]1CCN(c2ccc(-c3ccccc3)cc2C#N)C1. The van der Waals surface area contributed by atoms with E-state index in [2.05, 4.69) is 40.2 Å². The average Bonchev–Trinajstić information content (AvgIpc) is 3.18. The maximum absolute atomic E-state index is 9.67. The molecule has 0 aliphatic carbocycles. The van der Waals surface area contributed by atoms with Gasteiger partial charge in [0.1, 0.15) is 12.2 Å². The first-order chi connectivity index (χ1) is 13.2. The van der Waals surface area contributed by atoms with Gasteiger partial charge in [-0.15, -0.1) is 0 Å². The molecule has 0 N–H and O–H groups in total. The summed E-state index contributed by atoms with van der Waals surface area (Å²) >= 11 is 0. The Labute approximate surface area is 159 Å². The third-order valence-electron chi connectivity index (χ3n) is 4.95. The standard InChI is InChI=1S/C23H21N3O/c1-17-6-5-12-25-23(17)27-21-11-13-26(16-21)22-10-9-19(14-20(22)15-24)18-7-3-2-4-8-18/h2-10,12,14,21H,11,13,16H2,1H3/t21-/m0/s1. The Balaban J connectivity index is 1.52. The van der Waals surface area contributed by atoms with Crippen molar-refractivity contribution in [2.24, 2.45) is 0 Å². The van der Waals surface area contributed by atoms with Crippen LogP contribution in [0.3, 0.4) is 0 Å². The van der Waals surface area contributed by atoms with Gasteiger partial charge >= 0.3 is 0 Å². The maximum atomic E-state index is 9.67. The van der Waals surface area contributed by atoms with E-state index >= 15 is 0 Å². The first-order valence-corrected chi connectivity index (χ1v) is 9.17. The molecule has 0 bridgehead atoms. The first-order valence-electron chi connectivity index (χ1n) is 9.17. The van der Waals surface area contributed by atoms with Crippen molar-refractivity contribution in [1.29, 1.82) is 5.26 Å². The fourth-order valence-electron chi connectivity index (χ4n) is 3.51. The molecule has 1 saturated heterocycles. The zero-order valence-corrected chi connectivity index (χ0v) is 15.3. The summed E-state index contributed by atoms with van der Waals surface area (Å²) in [7, 11) is 0. The van der Waals surface area contributed by atoms with E-state index in [1.54, 1.807) is 6.20 Å². The van der Waals surface area contributed by atoms with E-state index in [0.717, 1.165) is 41.9 Å². The summed E-state index contributed by atoms with van der Waals surface area (Å²) in [6.07, 6.45) is 2.76. The maximum Gasteiger partial charge on any atom is 0.216 e. The average molecular weight is 355 g/mol. The highest BCUT2D eigenvalue weighted by atomic mass is 16.5. The van der Waals surface area contributed by atoms with Gasteiger partial charge in [-0.1, -0.05) is 42.5 Å². The van der Waals surface area contributed by atoms with E-state index < -0.39 is 0 Å². The molecule has 0 amide bonds. The number of hydrogen-bond acceptors (Lipinski definition) is 4. The van der Waals surface area contributed by atoms with Crippen molar-refractivity contribution in [3.8, 4) is 23.1 Å². The van der Waals surface area contributed by atoms with Gasteiger partial charge in [0.15, 0.2) is 0 Å². The van der Waals surface area contributed by atoms with Crippen molar-refractivity contribution in [3.05, 3.63) is 78.0 Å². The Hall–Kier alpha value is -3.32. The summed E-state index contributed by atoms with van der Waals surface area (Å²) in [6.45, 7) is 3.64. The molecule has 4 rings (SSSR count). The van der Waals surface area contributed by atoms with Crippen molar-refractivity contribution in [2.75, 3.05) is 18.0 Å². The first kappa shape index (κ1) is 17.1. The molecule has 1 aliphatic rings. The van der Waals surface area contributed by atoms with Crippen LogP contribution in [0.25, 0.3) is 11.1 Å². The molecule has 0 unspecified atom stereocenters. The second kappa shape index (κ2) is 7.51. The number of aryl methyl sites for hydroxylation is 1. The smallest absolute Gasteiger partial charge is 0.216 e. The highest BCUT2D eigenvalue weighted by Gasteiger charge is 2.26. The van der Waals surface area contributed by atoms with Crippen molar-refractivity contribution in [2.45, 2.75) is 19.4 Å². The number of anilines is 1. The largest absolute Gasteiger partial charge is 0.472 e. The molecule has 0 saturated carbocycles. The normalized spacial score (nSPS) is 16.1. The van der Waals surface area contributed by atoms with Crippen LogP contribution < -0.4 is 9.64 Å². The van der Waals surface area contributed by atoms with Gasteiger partial charge in [0.2, 0.25) is 5.88 Å². The van der Waals surface area contributed by atoms with Gasteiger partial charge in [-0.25, -0.2) is 4.98 Å². The van der Waals surface area contributed by atoms with Crippen LogP contribution in [0.15, 0.2) is 66.9 Å². The molecule has 0 spiro atoms.